The summed E-state index contributed by atoms with van der Waals surface area (Å²) >= 11 is 11.8. The molecule has 0 saturated carbocycles. The Bertz CT molecular complexity index is 662. The topological polar surface area (TPSA) is 38.3 Å². The summed E-state index contributed by atoms with van der Waals surface area (Å²) in [5.74, 6) is -0.908. The lowest BCUT2D eigenvalue weighted by Gasteiger charge is -2.11. The number of ether oxygens (including phenoxy) is 1. The molecule has 104 valence electrons. The molecule has 6 heteroatoms. The third kappa shape index (κ3) is 3.03. The fourth-order valence-corrected chi connectivity index (χ4v) is 2.26. The molecule has 0 heterocycles. The number of rotatable bonds is 3. The quantitative estimate of drug-likeness (QED) is 0.912. The molecule has 2 aromatic rings. The number of methoxy groups -OCH3 is 1. The second-order valence-electron chi connectivity index (χ2n) is 3.90. The minimum absolute atomic E-state index is 0.0654. The van der Waals surface area contributed by atoms with E-state index in [-0.39, 0.29) is 27.0 Å². The van der Waals surface area contributed by atoms with Gasteiger partial charge in [-0.3, -0.25) is 4.79 Å². The number of benzene rings is 2. The Morgan fingerprint density at radius 1 is 1.25 bits per heavy atom. The van der Waals surface area contributed by atoms with E-state index in [9.17, 15) is 9.18 Å². The van der Waals surface area contributed by atoms with E-state index >= 15 is 0 Å². The molecule has 0 radical (unpaired) electrons. The molecule has 20 heavy (non-hydrogen) atoms. The van der Waals surface area contributed by atoms with Crippen LogP contribution in [0.1, 0.15) is 10.4 Å². The van der Waals surface area contributed by atoms with Crippen molar-refractivity contribution < 1.29 is 13.9 Å². The normalized spacial score (nSPS) is 10.2. The lowest BCUT2D eigenvalue weighted by atomic mass is 10.1. The molecule has 1 N–H and O–H groups in total. The first-order valence-corrected chi connectivity index (χ1v) is 6.37. The fourth-order valence-electron chi connectivity index (χ4n) is 1.69. The molecule has 0 bridgehead atoms. The second-order valence-corrected chi connectivity index (χ2v) is 4.75. The molecule has 3 nitrogen and oxygen atoms in total. The molecule has 0 aliphatic carbocycles. The number of hydrogen-bond acceptors (Lipinski definition) is 2. The standard InChI is InChI=1S/C14H10Cl2FNO2/c1-20-13-9(6-8(15)7-10(13)16)14(19)18-12-5-3-2-4-11(12)17/h2-7H,1H3,(H,18,19). The third-order valence-electron chi connectivity index (χ3n) is 2.58. The van der Waals surface area contributed by atoms with Gasteiger partial charge in [-0.25, -0.2) is 4.39 Å². The first-order chi connectivity index (χ1) is 9.52. The van der Waals surface area contributed by atoms with Gasteiger partial charge in [0, 0.05) is 5.02 Å². The Hall–Kier alpha value is -1.78. The number of para-hydroxylation sites is 1. The minimum atomic E-state index is -0.559. The van der Waals surface area contributed by atoms with Gasteiger partial charge in [0.25, 0.3) is 5.91 Å². The van der Waals surface area contributed by atoms with E-state index in [1.165, 1.54) is 37.4 Å². The van der Waals surface area contributed by atoms with E-state index in [4.69, 9.17) is 27.9 Å². The Morgan fingerprint density at radius 2 is 1.95 bits per heavy atom. The molecule has 0 aliphatic heterocycles. The smallest absolute Gasteiger partial charge is 0.259 e. The van der Waals surface area contributed by atoms with Crippen molar-refractivity contribution >= 4 is 34.8 Å². The number of carbonyl (C=O) groups is 1. The SMILES string of the molecule is COc1c(Cl)cc(Cl)cc1C(=O)Nc1ccccc1F. The van der Waals surface area contributed by atoms with E-state index in [1.807, 2.05) is 0 Å². The van der Waals surface area contributed by atoms with Crippen LogP contribution in [-0.4, -0.2) is 13.0 Å². The Morgan fingerprint density at radius 3 is 2.60 bits per heavy atom. The molecule has 2 aromatic carbocycles. The van der Waals surface area contributed by atoms with Crippen LogP contribution in [-0.2, 0) is 0 Å². The van der Waals surface area contributed by atoms with Gasteiger partial charge in [0.15, 0.2) is 0 Å². The number of carbonyl (C=O) groups excluding carboxylic acids is 1. The van der Waals surface area contributed by atoms with Crippen LogP contribution in [0.5, 0.6) is 5.75 Å². The van der Waals surface area contributed by atoms with E-state index in [0.29, 0.717) is 0 Å². The first-order valence-electron chi connectivity index (χ1n) is 5.62. The second kappa shape index (κ2) is 6.11. The van der Waals surface area contributed by atoms with Crippen LogP contribution in [0.25, 0.3) is 0 Å². The summed E-state index contributed by atoms with van der Waals surface area (Å²) in [5.41, 5.74) is 0.198. The van der Waals surface area contributed by atoms with Gasteiger partial charge < -0.3 is 10.1 Å². The highest BCUT2D eigenvalue weighted by atomic mass is 35.5. The lowest BCUT2D eigenvalue weighted by Crippen LogP contribution is -2.14. The van der Waals surface area contributed by atoms with Gasteiger partial charge in [-0.1, -0.05) is 35.3 Å². The van der Waals surface area contributed by atoms with Crippen molar-refractivity contribution in [2.75, 3.05) is 12.4 Å². The molecule has 0 unspecified atom stereocenters. The molecule has 0 spiro atoms. The molecule has 0 aliphatic rings. The maximum absolute atomic E-state index is 13.5. The van der Waals surface area contributed by atoms with Gasteiger partial charge in [0.05, 0.1) is 23.4 Å². The Kier molecular flexibility index (Phi) is 4.47. The highest BCUT2D eigenvalue weighted by Crippen LogP contribution is 2.32. The number of amides is 1. The molecular formula is C14H10Cl2FNO2. The minimum Gasteiger partial charge on any atom is -0.494 e. The Balaban J connectivity index is 2.37. The molecular weight excluding hydrogens is 304 g/mol. The van der Waals surface area contributed by atoms with Gasteiger partial charge in [0.1, 0.15) is 11.6 Å². The van der Waals surface area contributed by atoms with Crippen LogP contribution in [0.2, 0.25) is 10.0 Å². The largest absolute Gasteiger partial charge is 0.494 e. The van der Waals surface area contributed by atoms with Gasteiger partial charge in [0.2, 0.25) is 0 Å². The maximum Gasteiger partial charge on any atom is 0.259 e. The average Bonchev–Trinajstić information content (AvgIpc) is 2.40. The van der Waals surface area contributed by atoms with Crippen LogP contribution in [0, 0.1) is 5.82 Å². The molecule has 1 amide bonds. The number of nitrogens with one attached hydrogen (secondary N) is 1. The molecule has 0 fully saturated rings. The van der Waals surface area contributed by atoms with Gasteiger partial charge >= 0.3 is 0 Å². The summed E-state index contributed by atoms with van der Waals surface area (Å²) in [5, 5.41) is 2.94. The van der Waals surface area contributed by atoms with Gasteiger partial charge in [-0.2, -0.15) is 0 Å². The summed E-state index contributed by atoms with van der Waals surface area (Å²) in [4.78, 5) is 12.2. The van der Waals surface area contributed by atoms with Crippen molar-refractivity contribution in [3.63, 3.8) is 0 Å². The lowest BCUT2D eigenvalue weighted by molar-refractivity contribution is 0.102. The van der Waals surface area contributed by atoms with Crippen molar-refractivity contribution in [2.24, 2.45) is 0 Å². The predicted molar refractivity (Wildman–Crippen MR) is 77.4 cm³/mol. The first kappa shape index (κ1) is 14.6. The van der Waals surface area contributed by atoms with Gasteiger partial charge in [-0.05, 0) is 24.3 Å². The summed E-state index contributed by atoms with van der Waals surface area (Å²) < 4.78 is 18.6. The van der Waals surface area contributed by atoms with E-state index in [1.54, 1.807) is 6.07 Å². The number of hydrogen-bond donors (Lipinski definition) is 1. The summed E-state index contributed by atoms with van der Waals surface area (Å²) in [7, 11) is 1.38. The Labute approximate surface area is 125 Å². The zero-order valence-corrected chi connectivity index (χ0v) is 11.9. The van der Waals surface area contributed by atoms with Crippen molar-refractivity contribution in [1.29, 1.82) is 0 Å². The zero-order valence-electron chi connectivity index (χ0n) is 10.4. The summed E-state index contributed by atoms with van der Waals surface area (Å²) in [6, 6.07) is 8.70. The van der Waals surface area contributed by atoms with Crippen LogP contribution in [0.15, 0.2) is 36.4 Å². The fraction of sp³-hybridized carbons (Fsp3) is 0.0714. The number of halogens is 3. The summed E-state index contributed by atoms with van der Waals surface area (Å²) in [6.07, 6.45) is 0. The highest BCUT2D eigenvalue weighted by molar-refractivity contribution is 6.36. The van der Waals surface area contributed by atoms with Crippen molar-refractivity contribution in [2.45, 2.75) is 0 Å². The molecule has 0 atom stereocenters. The highest BCUT2D eigenvalue weighted by Gasteiger charge is 2.17. The maximum atomic E-state index is 13.5. The van der Waals surface area contributed by atoms with E-state index < -0.39 is 11.7 Å². The van der Waals surface area contributed by atoms with Crippen molar-refractivity contribution in [1.82, 2.24) is 0 Å². The van der Waals surface area contributed by atoms with Crippen LogP contribution in [0.3, 0.4) is 0 Å². The zero-order chi connectivity index (χ0) is 14.7. The predicted octanol–water partition coefficient (Wildman–Crippen LogP) is 4.39. The molecule has 0 saturated heterocycles. The number of anilines is 1. The van der Waals surface area contributed by atoms with Crippen molar-refractivity contribution in [3.8, 4) is 5.75 Å². The summed E-state index contributed by atoms with van der Waals surface area (Å²) in [6.45, 7) is 0. The van der Waals surface area contributed by atoms with Crippen LogP contribution >= 0.6 is 23.2 Å². The monoisotopic (exact) mass is 313 g/mol. The third-order valence-corrected chi connectivity index (χ3v) is 3.08. The average molecular weight is 314 g/mol. The van der Waals surface area contributed by atoms with Crippen LogP contribution < -0.4 is 10.1 Å². The van der Waals surface area contributed by atoms with Crippen molar-refractivity contribution in [3.05, 3.63) is 57.8 Å². The molecule has 2 rings (SSSR count). The van der Waals surface area contributed by atoms with Crippen LogP contribution in [0.4, 0.5) is 10.1 Å². The van der Waals surface area contributed by atoms with E-state index in [2.05, 4.69) is 5.32 Å². The van der Waals surface area contributed by atoms with Gasteiger partial charge in [-0.15, -0.1) is 0 Å². The van der Waals surface area contributed by atoms with E-state index in [0.717, 1.165) is 0 Å². The molecule has 0 aromatic heterocycles.